The van der Waals surface area contributed by atoms with Crippen LogP contribution < -0.4 is 0 Å². The maximum absolute atomic E-state index is 5.27. The number of benzene rings is 11. The Labute approximate surface area is 327 Å². The third kappa shape index (κ3) is 4.22. The molecule has 0 aliphatic heterocycles. The molecule has 0 saturated heterocycles. The Morgan fingerprint density at radius 2 is 0.789 bits per heavy atom. The van der Waals surface area contributed by atoms with Crippen molar-refractivity contribution in [2.45, 2.75) is 0 Å². The van der Waals surface area contributed by atoms with E-state index < -0.39 is 0 Å². The molecule has 0 radical (unpaired) electrons. The number of rotatable bonds is 3. The van der Waals surface area contributed by atoms with Gasteiger partial charge in [-0.05, 0) is 111 Å². The standard InChI is InChI=1S/C55H32N2/c1-2-13-36(14-3-1)55-56-47-25-8-9-26-48(47)57(55)54-44-20-6-4-18-41(44)49(42-19-5-7-21-45(42)54)38-31-37-30-29-35-16-11-23-40-39-22-10-15-33-27-28-34-17-12-24-43(52(34)50(33)39)46(32-38)53(37)51(35)40/h1-32H. The summed E-state index contributed by atoms with van der Waals surface area (Å²) in [7, 11) is 0. The number of imidazole rings is 1. The summed E-state index contributed by atoms with van der Waals surface area (Å²) in [5, 5.41) is 20.3. The Bertz CT molecular complexity index is 3740. The lowest BCUT2D eigenvalue weighted by molar-refractivity contribution is 1.13. The highest BCUT2D eigenvalue weighted by atomic mass is 15.1. The predicted molar refractivity (Wildman–Crippen MR) is 243 cm³/mol. The first-order valence-corrected chi connectivity index (χ1v) is 19.7. The Kier molecular flexibility index (Phi) is 6.19. The van der Waals surface area contributed by atoms with E-state index in [0.29, 0.717) is 0 Å². The van der Waals surface area contributed by atoms with Crippen molar-refractivity contribution in [2.24, 2.45) is 0 Å². The highest BCUT2D eigenvalue weighted by Gasteiger charge is 2.23. The fourth-order valence-corrected chi connectivity index (χ4v) is 10.1. The van der Waals surface area contributed by atoms with Gasteiger partial charge in [-0.1, -0.05) is 170 Å². The highest BCUT2D eigenvalue weighted by Crippen LogP contribution is 2.48. The zero-order chi connectivity index (χ0) is 37.2. The minimum atomic E-state index is 0.938. The van der Waals surface area contributed by atoms with Crippen LogP contribution in [0.1, 0.15) is 0 Å². The normalized spacial score (nSPS) is 12.2. The molecule has 0 spiro atoms. The van der Waals surface area contributed by atoms with Gasteiger partial charge < -0.3 is 0 Å². The molecule has 57 heavy (non-hydrogen) atoms. The molecule has 12 aromatic carbocycles. The van der Waals surface area contributed by atoms with Crippen LogP contribution in [-0.4, -0.2) is 9.55 Å². The summed E-state index contributed by atoms with van der Waals surface area (Å²) in [6.07, 6.45) is 0. The van der Waals surface area contributed by atoms with Crippen LogP contribution in [0.2, 0.25) is 0 Å². The van der Waals surface area contributed by atoms with Gasteiger partial charge in [-0.2, -0.15) is 0 Å². The van der Waals surface area contributed by atoms with Gasteiger partial charge in [-0.25, -0.2) is 4.98 Å². The predicted octanol–water partition coefficient (Wildman–Crippen LogP) is 15.0. The third-order valence-electron chi connectivity index (χ3n) is 12.4. The molecule has 2 nitrogen and oxygen atoms in total. The van der Waals surface area contributed by atoms with Gasteiger partial charge in [0.25, 0.3) is 0 Å². The van der Waals surface area contributed by atoms with E-state index in [1.54, 1.807) is 0 Å². The van der Waals surface area contributed by atoms with Gasteiger partial charge in [0.15, 0.2) is 0 Å². The molecular formula is C55H32N2. The number of aromatic nitrogens is 2. The smallest absolute Gasteiger partial charge is 0.145 e. The lowest BCUT2D eigenvalue weighted by atomic mass is 9.85. The van der Waals surface area contributed by atoms with Crippen LogP contribution in [0, 0.1) is 0 Å². The monoisotopic (exact) mass is 720 g/mol. The first-order chi connectivity index (χ1) is 28.3. The van der Waals surface area contributed by atoms with Crippen molar-refractivity contribution < 1.29 is 0 Å². The Morgan fingerprint density at radius 1 is 0.316 bits per heavy atom. The molecular weight excluding hydrogens is 689 g/mol. The summed E-state index contributed by atoms with van der Waals surface area (Å²) >= 11 is 0. The van der Waals surface area contributed by atoms with Gasteiger partial charge in [0.2, 0.25) is 0 Å². The SMILES string of the molecule is c1ccc(-c2nc3ccccc3n2-c2c3ccccc3c(-c3cc4ccc5cccc6c7cccc8ccc9cccc(c(c3)c4c56)c9c87)c3ccccc23)cc1. The second kappa shape index (κ2) is 11.5. The Hall–Kier alpha value is -7.55. The van der Waals surface area contributed by atoms with E-state index in [-0.39, 0.29) is 0 Å². The number of nitrogens with zero attached hydrogens (tertiary/aromatic N) is 2. The second-order valence-electron chi connectivity index (χ2n) is 15.4. The average molecular weight is 721 g/mol. The summed E-state index contributed by atoms with van der Waals surface area (Å²) < 4.78 is 2.39. The van der Waals surface area contributed by atoms with Crippen molar-refractivity contribution in [1.29, 1.82) is 0 Å². The zero-order valence-electron chi connectivity index (χ0n) is 30.9. The number of hydrogen-bond donors (Lipinski definition) is 0. The van der Waals surface area contributed by atoms with E-state index in [2.05, 4.69) is 199 Å². The van der Waals surface area contributed by atoms with E-state index in [4.69, 9.17) is 4.98 Å². The van der Waals surface area contributed by atoms with Crippen molar-refractivity contribution in [3.05, 3.63) is 194 Å². The number of para-hydroxylation sites is 2. The van der Waals surface area contributed by atoms with Gasteiger partial charge in [0, 0.05) is 16.3 Å². The van der Waals surface area contributed by atoms with Gasteiger partial charge in [0.1, 0.15) is 5.82 Å². The number of hydrogen-bond acceptors (Lipinski definition) is 1. The van der Waals surface area contributed by atoms with Crippen LogP contribution in [0.25, 0.3) is 125 Å². The van der Waals surface area contributed by atoms with E-state index >= 15 is 0 Å². The molecule has 2 heteroatoms. The zero-order valence-corrected chi connectivity index (χ0v) is 30.9. The Balaban J connectivity index is 1.22. The molecule has 0 N–H and O–H groups in total. The molecule has 0 bridgehead atoms. The van der Waals surface area contributed by atoms with Crippen LogP contribution in [-0.2, 0) is 0 Å². The van der Waals surface area contributed by atoms with E-state index in [1.807, 2.05) is 0 Å². The van der Waals surface area contributed by atoms with E-state index in [9.17, 15) is 0 Å². The fourth-order valence-electron chi connectivity index (χ4n) is 10.1. The van der Waals surface area contributed by atoms with Crippen LogP contribution in [0.5, 0.6) is 0 Å². The maximum atomic E-state index is 5.27. The van der Waals surface area contributed by atoms with Crippen molar-refractivity contribution in [1.82, 2.24) is 9.55 Å². The molecule has 0 aliphatic rings. The Morgan fingerprint density at radius 3 is 1.40 bits per heavy atom. The van der Waals surface area contributed by atoms with E-state index in [0.717, 1.165) is 28.1 Å². The minimum Gasteiger partial charge on any atom is -0.291 e. The molecule has 0 unspecified atom stereocenters. The molecule has 0 amide bonds. The lowest BCUT2D eigenvalue weighted by Crippen LogP contribution is -2.01. The van der Waals surface area contributed by atoms with Crippen molar-refractivity contribution >= 4 is 97.2 Å². The minimum absolute atomic E-state index is 0.938. The molecule has 13 aromatic rings. The quantitative estimate of drug-likeness (QED) is 0.131. The second-order valence-corrected chi connectivity index (χ2v) is 15.4. The van der Waals surface area contributed by atoms with Crippen LogP contribution in [0.15, 0.2) is 194 Å². The van der Waals surface area contributed by atoms with Gasteiger partial charge >= 0.3 is 0 Å². The van der Waals surface area contributed by atoms with Crippen LogP contribution in [0.4, 0.5) is 0 Å². The van der Waals surface area contributed by atoms with Crippen molar-refractivity contribution in [2.75, 3.05) is 0 Å². The summed E-state index contributed by atoms with van der Waals surface area (Å²) in [6.45, 7) is 0. The van der Waals surface area contributed by atoms with Crippen molar-refractivity contribution in [3.8, 4) is 28.2 Å². The van der Waals surface area contributed by atoms with Gasteiger partial charge in [-0.3, -0.25) is 4.57 Å². The van der Waals surface area contributed by atoms with E-state index in [1.165, 1.54) is 97.3 Å². The maximum Gasteiger partial charge on any atom is 0.145 e. The van der Waals surface area contributed by atoms with Crippen LogP contribution in [0.3, 0.4) is 0 Å². The molecule has 1 aromatic heterocycles. The fraction of sp³-hybridized carbons (Fsp3) is 0. The average Bonchev–Trinajstić information content (AvgIpc) is 3.66. The summed E-state index contributed by atoms with van der Waals surface area (Å²) in [4.78, 5) is 5.27. The molecule has 1 heterocycles. The summed E-state index contributed by atoms with van der Waals surface area (Å²) in [5.74, 6) is 0.938. The molecule has 13 rings (SSSR count). The molecule has 0 saturated carbocycles. The van der Waals surface area contributed by atoms with Crippen molar-refractivity contribution in [3.63, 3.8) is 0 Å². The first kappa shape index (κ1) is 30.7. The highest BCUT2D eigenvalue weighted by molar-refractivity contribution is 6.37. The summed E-state index contributed by atoms with van der Waals surface area (Å²) in [6, 6.07) is 71.7. The first-order valence-electron chi connectivity index (χ1n) is 19.7. The van der Waals surface area contributed by atoms with Gasteiger partial charge in [-0.15, -0.1) is 0 Å². The third-order valence-corrected chi connectivity index (χ3v) is 12.4. The molecule has 262 valence electrons. The molecule has 0 aliphatic carbocycles. The molecule has 0 fully saturated rings. The topological polar surface area (TPSA) is 17.8 Å². The lowest BCUT2D eigenvalue weighted by Gasteiger charge is -2.21. The molecule has 0 atom stereocenters. The summed E-state index contributed by atoms with van der Waals surface area (Å²) in [5.41, 5.74) is 6.76. The largest absolute Gasteiger partial charge is 0.291 e. The van der Waals surface area contributed by atoms with Gasteiger partial charge in [0.05, 0.1) is 16.7 Å². The van der Waals surface area contributed by atoms with Crippen LogP contribution >= 0.6 is 0 Å². The number of fused-ring (bicyclic) bond motifs is 5.